The molecule has 6 heteroatoms. The van der Waals surface area contributed by atoms with Crippen LogP contribution in [0.2, 0.25) is 0 Å². The molecule has 0 aliphatic heterocycles. The van der Waals surface area contributed by atoms with Gasteiger partial charge in [-0.3, -0.25) is 9.59 Å². The van der Waals surface area contributed by atoms with E-state index in [1.54, 1.807) is 19.1 Å². The quantitative estimate of drug-likeness (QED) is 0.647. The normalized spacial score (nSPS) is 11.9. The zero-order valence-corrected chi connectivity index (χ0v) is 19.3. The summed E-state index contributed by atoms with van der Waals surface area (Å²) in [5.41, 5.74) is 3.86. The van der Waals surface area contributed by atoms with E-state index < -0.39 is 6.04 Å². The largest absolute Gasteiger partial charge is 0.483 e. The maximum Gasteiger partial charge on any atom is 0.261 e. The van der Waals surface area contributed by atoms with Crippen molar-refractivity contribution < 1.29 is 18.7 Å². The Bertz CT molecular complexity index is 910. The van der Waals surface area contributed by atoms with Crippen molar-refractivity contribution in [3.63, 3.8) is 0 Å². The van der Waals surface area contributed by atoms with Crippen molar-refractivity contribution in [2.45, 2.75) is 54.1 Å². The van der Waals surface area contributed by atoms with Gasteiger partial charge in [0.1, 0.15) is 17.6 Å². The summed E-state index contributed by atoms with van der Waals surface area (Å²) >= 11 is 0. The van der Waals surface area contributed by atoms with E-state index in [0.29, 0.717) is 18.2 Å². The summed E-state index contributed by atoms with van der Waals surface area (Å²) < 4.78 is 19.1. The van der Waals surface area contributed by atoms with Gasteiger partial charge in [0.15, 0.2) is 6.61 Å². The van der Waals surface area contributed by atoms with Gasteiger partial charge in [-0.2, -0.15) is 0 Å². The summed E-state index contributed by atoms with van der Waals surface area (Å²) in [7, 11) is 0. The Kier molecular flexibility index (Phi) is 8.60. The summed E-state index contributed by atoms with van der Waals surface area (Å²) in [6, 6.07) is 9.19. The molecule has 0 radical (unpaired) electrons. The van der Waals surface area contributed by atoms with E-state index in [9.17, 15) is 14.0 Å². The fourth-order valence-electron chi connectivity index (χ4n) is 3.19. The van der Waals surface area contributed by atoms with Crippen LogP contribution in [-0.2, 0) is 16.1 Å². The van der Waals surface area contributed by atoms with Crippen molar-refractivity contribution in [2.24, 2.45) is 5.92 Å². The molecule has 0 aliphatic rings. The average molecular weight is 429 g/mol. The average Bonchev–Trinajstić information content (AvgIpc) is 2.72. The predicted octanol–water partition coefficient (Wildman–Crippen LogP) is 4.32. The molecule has 1 N–H and O–H groups in total. The van der Waals surface area contributed by atoms with Crippen LogP contribution in [0.4, 0.5) is 4.39 Å². The van der Waals surface area contributed by atoms with Crippen LogP contribution in [-0.4, -0.2) is 35.9 Å². The zero-order valence-electron chi connectivity index (χ0n) is 19.3. The molecule has 0 saturated carbocycles. The van der Waals surface area contributed by atoms with Crippen molar-refractivity contribution in [3.05, 3.63) is 64.5 Å². The first-order valence-corrected chi connectivity index (χ1v) is 10.6. The number of carbonyl (C=O) groups excluding carboxylic acids is 2. The third kappa shape index (κ3) is 7.09. The maximum absolute atomic E-state index is 13.3. The highest BCUT2D eigenvalue weighted by Gasteiger charge is 2.26. The van der Waals surface area contributed by atoms with Crippen molar-refractivity contribution in [1.82, 2.24) is 10.2 Å². The monoisotopic (exact) mass is 428 g/mol. The predicted molar refractivity (Wildman–Crippen MR) is 120 cm³/mol. The molecule has 0 aromatic heterocycles. The van der Waals surface area contributed by atoms with Crippen molar-refractivity contribution in [2.75, 3.05) is 13.2 Å². The second-order valence-electron chi connectivity index (χ2n) is 8.46. The smallest absolute Gasteiger partial charge is 0.261 e. The van der Waals surface area contributed by atoms with Gasteiger partial charge in [-0.1, -0.05) is 32.0 Å². The molecule has 2 amide bonds. The first-order valence-electron chi connectivity index (χ1n) is 10.6. The molecule has 0 heterocycles. The van der Waals surface area contributed by atoms with E-state index in [-0.39, 0.29) is 30.8 Å². The molecule has 1 atom stereocenters. The van der Waals surface area contributed by atoms with E-state index in [1.165, 1.54) is 17.0 Å². The highest BCUT2D eigenvalue weighted by Crippen LogP contribution is 2.23. The number of benzene rings is 2. The summed E-state index contributed by atoms with van der Waals surface area (Å²) in [6.07, 6.45) is 0. The van der Waals surface area contributed by atoms with Gasteiger partial charge in [-0.05, 0) is 74.1 Å². The third-order valence-electron chi connectivity index (χ3n) is 5.23. The van der Waals surface area contributed by atoms with Gasteiger partial charge in [0, 0.05) is 13.1 Å². The molecule has 0 bridgehead atoms. The van der Waals surface area contributed by atoms with E-state index in [2.05, 4.69) is 11.4 Å². The van der Waals surface area contributed by atoms with Crippen molar-refractivity contribution in [1.29, 1.82) is 0 Å². The fourth-order valence-corrected chi connectivity index (χ4v) is 3.19. The van der Waals surface area contributed by atoms with Gasteiger partial charge in [0.05, 0.1) is 0 Å². The number of amides is 2. The van der Waals surface area contributed by atoms with E-state index in [4.69, 9.17) is 4.74 Å². The molecule has 2 aromatic rings. The summed E-state index contributed by atoms with van der Waals surface area (Å²) in [4.78, 5) is 27.2. The molecule has 31 heavy (non-hydrogen) atoms. The Labute approximate surface area is 184 Å². The molecule has 0 unspecified atom stereocenters. The first-order chi connectivity index (χ1) is 14.6. The van der Waals surface area contributed by atoms with Gasteiger partial charge < -0.3 is 15.0 Å². The minimum atomic E-state index is -0.694. The number of hydrogen-bond donors (Lipinski definition) is 1. The van der Waals surface area contributed by atoms with Crippen LogP contribution in [0, 0.1) is 32.5 Å². The summed E-state index contributed by atoms with van der Waals surface area (Å²) in [6.45, 7) is 12.2. The van der Waals surface area contributed by atoms with E-state index in [0.717, 1.165) is 22.3 Å². The van der Waals surface area contributed by atoms with Crippen LogP contribution >= 0.6 is 0 Å². The highest BCUT2D eigenvalue weighted by atomic mass is 19.1. The molecule has 0 fully saturated rings. The number of aryl methyl sites for hydroxylation is 2. The fraction of sp³-hybridized carbons (Fsp3) is 0.440. The Morgan fingerprint density at radius 3 is 2.32 bits per heavy atom. The maximum atomic E-state index is 13.3. The number of ether oxygens (including phenoxy) is 1. The number of halogens is 1. The minimum Gasteiger partial charge on any atom is -0.483 e. The van der Waals surface area contributed by atoms with Crippen LogP contribution in [0.1, 0.15) is 43.0 Å². The second kappa shape index (κ2) is 10.9. The number of rotatable bonds is 9. The molecular weight excluding hydrogens is 395 g/mol. The van der Waals surface area contributed by atoms with E-state index >= 15 is 0 Å². The lowest BCUT2D eigenvalue weighted by molar-refractivity contribution is -0.142. The molecule has 2 aromatic carbocycles. The molecule has 2 rings (SSSR count). The third-order valence-corrected chi connectivity index (χ3v) is 5.23. The number of nitrogens with zero attached hydrogens (tertiary/aromatic N) is 1. The Balaban J connectivity index is 2.18. The molecular formula is C25H33FN2O3. The molecule has 5 nitrogen and oxygen atoms in total. The Morgan fingerprint density at radius 1 is 1.06 bits per heavy atom. The lowest BCUT2D eigenvalue weighted by atomic mass is 10.1. The zero-order chi connectivity index (χ0) is 23.1. The van der Waals surface area contributed by atoms with Crippen LogP contribution in [0.25, 0.3) is 0 Å². The number of nitrogens with one attached hydrogen (secondary N) is 1. The van der Waals surface area contributed by atoms with Gasteiger partial charge in [-0.15, -0.1) is 0 Å². The minimum absolute atomic E-state index is 0.185. The number of hydrogen-bond acceptors (Lipinski definition) is 3. The topological polar surface area (TPSA) is 58.6 Å². The lowest BCUT2D eigenvalue weighted by Crippen LogP contribution is -2.49. The molecule has 0 saturated heterocycles. The Hall–Kier alpha value is -2.89. The van der Waals surface area contributed by atoms with Gasteiger partial charge in [-0.25, -0.2) is 4.39 Å². The molecule has 0 aliphatic carbocycles. The van der Waals surface area contributed by atoms with Gasteiger partial charge >= 0.3 is 0 Å². The first kappa shape index (κ1) is 24.4. The van der Waals surface area contributed by atoms with Crippen molar-refractivity contribution in [3.8, 4) is 5.75 Å². The molecule has 0 spiro atoms. The van der Waals surface area contributed by atoms with Gasteiger partial charge in [0.2, 0.25) is 5.91 Å². The van der Waals surface area contributed by atoms with E-state index in [1.807, 2.05) is 40.7 Å². The molecule has 168 valence electrons. The van der Waals surface area contributed by atoms with Crippen LogP contribution in [0.15, 0.2) is 36.4 Å². The van der Waals surface area contributed by atoms with Crippen molar-refractivity contribution >= 4 is 11.8 Å². The second-order valence-corrected chi connectivity index (χ2v) is 8.46. The SMILES string of the molecule is Cc1cc(C)c(C)c(OCC(=O)N(Cc2ccc(F)cc2)[C@@H](C)C(=O)NCC(C)C)c1. The van der Waals surface area contributed by atoms with Crippen LogP contribution in [0.3, 0.4) is 0 Å². The summed E-state index contributed by atoms with van der Waals surface area (Å²) in [5, 5.41) is 2.88. The van der Waals surface area contributed by atoms with Gasteiger partial charge in [0.25, 0.3) is 5.91 Å². The lowest BCUT2D eigenvalue weighted by Gasteiger charge is -2.29. The highest BCUT2D eigenvalue weighted by molar-refractivity contribution is 5.88. The summed E-state index contributed by atoms with van der Waals surface area (Å²) in [5.74, 6) is 0.0672. The van der Waals surface area contributed by atoms with Crippen LogP contribution < -0.4 is 10.1 Å². The Morgan fingerprint density at radius 2 is 1.71 bits per heavy atom. The van der Waals surface area contributed by atoms with Crippen LogP contribution in [0.5, 0.6) is 5.75 Å². The number of carbonyl (C=O) groups is 2. The standard InChI is InChI=1S/C25H33FN2O3/c1-16(2)13-27-25(30)20(6)28(14-21-7-9-22(26)10-8-21)24(29)15-31-23-12-17(3)11-18(4)19(23)5/h7-12,16,20H,13-15H2,1-6H3,(H,27,30)/t20-/m0/s1.